The maximum atomic E-state index is 10.6. The van der Waals surface area contributed by atoms with Crippen molar-refractivity contribution in [3.05, 3.63) is 0 Å². The van der Waals surface area contributed by atoms with E-state index in [0.29, 0.717) is 6.10 Å². The summed E-state index contributed by atoms with van der Waals surface area (Å²) in [7, 11) is 1.79. The van der Waals surface area contributed by atoms with E-state index < -0.39 is 6.03 Å². The monoisotopic (exact) mass is 241 g/mol. The Hall–Kier alpha value is -1.10. The van der Waals surface area contributed by atoms with Gasteiger partial charge in [-0.25, -0.2) is 10.2 Å². The van der Waals surface area contributed by atoms with Gasteiger partial charge < -0.3 is 10.5 Å². The summed E-state index contributed by atoms with van der Waals surface area (Å²) in [5, 5.41) is 4.06. The summed E-state index contributed by atoms with van der Waals surface area (Å²) >= 11 is 0. The van der Waals surface area contributed by atoms with Crippen LogP contribution in [0.25, 0.3) is 0 Å². The number of rotatable bonds is 2. The van der Waals surface area contributed by atoms with Crippen molar-refractivity contribution in [2.75, 3.05) is 7.11 Å². The molecule has 0 atom stereocenters. The molecule has 0 spiro atoms. The number of amides is 2. The summed E-state index contributed by atoms with van der Waals surface area (Å²) < 4.78 is 5.43. The van der Waals surface area contributed by atoms with Crippen LogP contribution in [0, 0.1) is 0 Å². The third kappa shape index (κ3) is 6.26. The van der Waals surface area contributed by atoms with E-state index in [1.807, 2.05) is 0 Å². The molecule has 3 N–H and O–H groups in total. The first-order chi connectivity index (χ1) is 8.22. The molecule has 0 aromatic carbocycles. The quantitative estimate of drug-likeness (QED) is 0.727. The second-order valence-electron chi connectivity index (χ2n) is 4.50. The molecule has 17 heavy (non-hydrogen) atoms. The van der Waals surface area contributed by atoms with Gasteiger partial charge in [-0.2, -0.15) is 5.10 Å². The van der Waals surface area contributed by atoms with Gasteiger partial charge in [0.15, 0.2) is 0 Å². The van der Waals surface area contributed by atoms with Crippen LogP contribution in [0.1, 0.15) is 51.4 Å². The molecule has 1 aliphatic rings. The number of hydrogen-bond donors (Lipinski definition) is 2. The highest BCUT2D eigenvalue weighted by atomic mass is 16.5. The van der Waals surface area contributed by atoms with E-state index >= 15 is 0 Å². The van der Waals surface area contributed by atoms with Crippen LogP contribution in [0.5, 0.6) is 0 Å². The summed E-state index contributed by atoms with van der Waals surface area (Å²) in [6.45, 7) is 0. The second kappa shape index (κ2) is 8.06. The van der Waals surface area contributed by atoms with Crippen molar-refractivity contribution < 1.29 is 9.53 Å². The molecule has 5 nitrogen and oxygen atoms in total. The third-order valence-corrected chi connectivity index (χ3v) is 3.14. The van der Waals surface area contributed by atoms with Crippen molar-refractivity contribution in [1.29, 1.82) is 0 Å². The molecular formula is C12H23N3O2. The Morgan fingerprint density at radius 3 is 2.35 bits per heavy atom. The number of carbonyl (C=O) groups excluding carboxylic acids is 1. The topological polar surface area (TPSA) is 76.7 Å². The molecule has 0 radical (unpaired) electrons. The van der Waals surface area contributed by atoms with Gasteiger partial charge in [0.2, 0.25) is 0 Å². The van der Waals surface area contributed by atoms with Gasteiger partial charge in [0.1, 0.15) is 0 Å². The number of methoxy groups -OCH3 is 1. The third-order valence-electron chi connectivity index (χ3n) is 3.14. The molecule has 98 valence electrons. The van der Waals surface area contributed by atoms with Gasteiger partial charge in [-0.15, -0.1) is 0 Å². The molecule has 5 heteroatoms. The molecule has 0 unspecified atom stereocenters. The second-order valence-corrected chi connectivity index (χ2v) is 4.50. The van der Waals surface area contributed by atoms with Gasteiger partial charge in [-0.3, -0.25) is 0 Å². The van der Waals surface area contributed by atoms with Gasteiger partial charge in [-0.1, -0.05) is 12.8 Å². The molecule has 1 saturated carbocycles. The Morgan fingerprint density at radius 1 is 1.29 bits per heavy atom. The van der Waals surface area contributed by atoms with E-state index in [1.165, 1.54) is 0 Å². The minimum atomic E-state index is -0.589. The minimum absolute atomic E-state index is 0.414. The van der Waals surface area contributed by atoms with Crippen molar-refractivity contribution in [2.24, 2.45) is 10.8 Å². The lowest BCUT2D eigenvalue weighted by Gasteiger charge is -2.17. The number of hydrazone groups is 1. The number of urea groups is 1. The largest absolute Gasteiger partial charge is 0.381 e. The fourth-order valence-corrected chi connectivity index (χ4v) is 2.15. The normalized spacial score (nSPS) is 22.9. The van der Waals surface area contributed by atoms with E-state index in [4.69, 9.17) is 10.5 Å². The van der Waals surface area contributed by atoms with Gasteiger partial charge >= 0.3 is 6.03 Å². The Labute approximate surface area is 103 Å². The highest BCUT2D eigenvalue weighted by Gasteiger charge is 2.10. The Balaban J connectivity index is 2.40. The first-order valence-electron chi connectivity index (χ1n) is 6.36. The molecule has 1 aliphatic carbocycles. The zero-order valence-corrected chi connectivity index (χ0v) is 10.6. The van der Waals surface area contributed by atoms with E-state index in [9.17, 15) is 4.79 Å². The smallest absolute Gasteiger partial charge is 0.332 e. The molecule has 2 amide bonds. The fourth-order valence-electron chi connectivity index (χ4n) is 2.15. The van der Waals surface area contributed by atoms with Crippen molar-refractivity contribution in [3.8, 4) is 0 Å². The molecule has 0 saturated heterocycles. The summed E-state index contributed by atoms with van der Waals surface area (Å²) in [6.07, 6.45) is 9.02. The highest BCUT2D eigenvalue weighted by molar-refractivity contribution is 5.85. The fraction of sp³-hybridized carbons (Fsp3) is 0.833. The highest BCUT2D eigenvalue weighted by Crippen LogP contribution is 2.17. The molecule has 0 aliphatic heterocycles. The standard InChI is InChI=1S/C12H23N3O2/c1-17-11-8-4-2-6-10(7-3-5-9-11)14-15-12(13)16/h11H,2-9H2,1H3,(H3,13,15,16). The minimum Gasteiger partial charge on any atom is -0.381 e. The zero-order chi connectivity index (χ0) is 12.5. The first kappa shape index (κ1) is 14.0. The van der Waals surface area contributed by atoms with Crippen molar-refractivity contribution in [2.45, 2.75) is 57.5 Å². The van der Waals surface area contributed by atoms with Gasteiger partial charge in [0, 0.05) is 12.8 Å². The average molecular weight is 241 g/mol. The van der Waals surface area contributed by atoms with Gasteiger partial charge in [0.25, 0.3) is 0 Å². The summed E-state index contributed by atoms with van der Waals surface area (Å²) in [4.78, 5) is 10.6. The van der Waals surface area contributed by atoms with Crippen molar-refractivity contribution in [1.82, 2.24) is 5.43 Å². The zero-order valence-electron chi connectivity index (χ0n) is 10.6. The van der Waals surface area contributed by atoms with Crippen molar-refractivity contribution in [3.63, 3.8) is 0 Å². The summed E-state index contributed by atoms with van der Waals surface area (Å²) in [6, 6.07) is -0.589. The van der Waals surface area contributed by atoms with Crippen LogP contribution >= 0.6 is 0 Å². The van der Waals surface area contributed by atoms with Crippen LogP contribution in [0.4, 0.5) is 4.79 Å². The summed E-state index contributed by atoms with van der Waals surface area (Å²) in [5.41, 5.74) is 8.37. The number of primary amides is 1. The molecule has 0 bridgehead atoms. The van der Waals surface area contributed by atoms with E-state index in [2.05, 4.69) is 10.5 Å². The van der Waals surface area contributed by atoms with Gasteiger partial charge in [0.05, 0.1) is 6.10 Å². The molecule has 0 heterocycles. The number of hydrogen-bond acceptors (Lipinski definition) is 3. The van der Waals surface area contributed by atoms with E-state index in [-0.39, 0.29) is 0 Å². The lowest BCUT2D eigenvalue weighted by atomic mass is 9.98. The van der Waals surface area contributed by atoms with Crippen LogP contribution in [-0.4, -0.2) is 25.0 Å². The van der Waals surface area contributed by atoms with Crippen LogP contribution in [0.3, 0.4) is 0 Å². The van der Waals surface area contributed by atoms with Crippen LogP contribution < -0.4 is 11.2 Å². The molecule has 0 aromatic heterocycles. The van der Waals surface area contributed by atoms with E-state index in [0.717, 1.165) is 57.1 Å². The Kier molecular flexibility index (Phi) is 6.62. The van der Waals surface area contributed by atoms with Gasteiger partial charge in [-0.05, 0) is 38.5 Å². The lowest BCUT2D eigenvalue weighted by Crippen LogP contribution is -2.26. The SMILES string of the molecule is COC1CCCCC(=NNC(N)=O)CCCC1. The summed E-state index contributed by atoms with van der Waals surface area (Å²) in [5.74, 6) is 0. The lowest BCUT2D eigenvalue weighted by molar-refractivity contribution is 0.0834. The van der Waals surface area contributed by atoms with Crippen LogP contribution in [0.2, 0.25) is 0 Å². The number of carbonyl (C=O) groups is 1. The predicted molar refractivity (Wildman–Crippen MR) is 67.9 cm³/mol. The predicted octanol–water partition coefficient (Wildman–Crippen LogP) is 2.16. The van der Waals surface area contributed by atoms with Crippen LogP contribution in [-0.2, 0) is 4.74 Å². The maximum Gasteiger partial charge on any atom is 0.332 e. The molecule has 0 aromatic rings. The number of ether oxygens (including phenoxy) is 1. The Morgan fingerprint density at radius 2 is 1.88 bits per heavy atom. The first-order valence-corrected chi connectivity index (χ1v) is 6.36. The number of nitrogens with one attached hydrogen (secondary N) is 1. The average Bonchev–Trinajstić information content (AvgIpc) is 2.33. The maximum absolute atomic E-state index is 10.6. The van der Waals surface area contributed by atoms with Crippen LogP contribution in [0.15, 0.2) is 5.10 Å². The molecule has 1 fully saturated rings. The van der Waals surface area contributed by atoms with Crippen molar-refractivity contribution >= 4 is 11.7 Å². The molecular weight excluding hydrogens is 218 g/mol. The van der Waals surface area contributed by atoms with E-state index in [1.54, 1.807) is 7.11 Å². The number of nitrogens with two attached hydrogens (primary N) is 1. The number of nitrogens with zero attached hydrogens (tertiary/aromatic N) is 1. The Bertz CT molecular complexity index is 252. The molecule has 1 rings (SSSR count).